The summed E-state index contributed by atoms with van der Waals surface area (Å²) in [6, 6.07) is 0. The van der Waals surface area contributed by atoms with Crippen molar-refractivity contribution in [2.75, 3.05) is 6.54 Å². The quantitative estimate of drug-likeness (QED) is 0.373. The van der Waals surface area contributed by atoms with Crippen molar-refractivity contribution < 1.29 is 9.31 Å². The van der Waals surface area contributed by atoms with Crippen LogP contribution in [0, 0.1) is 10.1 Å². The molecule has 0 aromatic rings. The third kappa shape index (κ3) is 5.55. The lowest BCUT2D eigenvalue weighted by molar-refractivity contribution is -0.470. The average Bonchev–Trinajstić information content (AvgIpc) is 2.10. The number of halogens is 1. The molecule has 0 aliphatic rings. The van der Waals surface area contributed by atoms with Crippen LogP contribution in [0.1, 0.15) is 0 Å². The number of hydrogen-bond donors (Lipinski definition) is 0. The van der Waals surface area contributed by atoms with E-state index in [0.29, 0.717) is 5.57 Å². The number of nitrogens with zero attached hydrogens (tertiary/aromatic N) is 1. The molecule has 0 unspecified atom stereocenters. The molecular weight excluding hydrogens is 173 g/mol. The van der Waals surface area contributed by atoms with Crippen LogP contribution in [0.4, 0.5) is 4.39 Å². The molecule has 0 fully saturated rings. The van der Waals surface area contributed by atoms with Crippen molar-refractivity contribution in [2.45, 2.75) is 0 Å². The number of allylic oxidation sites excluding steroid dienone is 3. The smallest absolute Gasteiger partial charge is 0.231 e. The second-order valence-corrected chi connectivity index (χ2v) is 2.29. The Balaban J connectivity index is 4.30. The maximum absolute atomic E-state index is 12.0. The lowest BCUT2D eigenvalue weighted by Crippen LogP contribution is -2.01. The average molecular weight is 183 g/mol. The molecule has 0 N–H and O–H groups in total. The SMILES string of the molecule is C=CC(=C)/C=C\C(=C\F)C[N+](=O)[O-]. The maximum atomic E-state index is 12.0. The van der Waals surface area contributed by atoms with Crippen LogP contribution < -0.4 is 0 Å². The Morgan fingerprint density at radius 3 is 2.54 bits per heavy atom. The minimum atomic E-state index is -0.605. The summed E-state index contributed by atoms with van der Waals surface area (Å²) in [5, 5.41) is 10.0. The van der Waals surface area contributed by atoms with Crippen LogP contribution in [-0.4, -0.2) is 11.5 Å². The molecule has 0 aliphatic heterocycles. The number of rotatable bonds is 5. The molecule has 4 heteroatoms. The van der Waals surface area contributed by atoms with Crippen molar-refractivity contribution >= 4 is 0 Å². The molecule has 70 valence electrons. The highest BCUT2D eigenvalue weighted by Gasteiger charge is 2.00. The second kappa shape index (κ2) is 5.88. The molecule has 3 nitrogen and oxygen atoms in total. The van der Waals surface area contributed by atoms with Gasteiger partial charge in [-0.2, -0.15) is 0 Å². The molecule has 0 heterocycles. The van der Waals surface area contributed by atoms with Gasteiger partial charge < -0.3 is 0 Å². The van der Waals surface area contributed by atoms with Crippen LogP contribution in [0.2, 0.25) is 0 Å². The molecule has 0 saturated heterocycles. The van der Waals surface area contributed by atoms with Gasteiger partial charge in [-0.3, -0.25) is 10.1 Å². The van der Waals surface area contributed by atoms with Gasteiger partial charge in [-0.1, -0.05) is 25.3 Å². The summed E-state index contributed by atoms with van der Waals surface area (Å²) >= 11 is 0. The first kappa shape index (κ1) is 11.3. The van der Waals surface area contributed by atoms with Gasteiger partial charge in [0.05, 0.1) is 11.9 Å². The van der Waals surface area contributed by atoms with Crippen LogP contribution in [0.25, 0.3) is 0 Å². The van der Waals surface area contributed by atoms with Crippen molar-refractivity contribution in [2.24, 2.45) is 0 Å². The van der Waals surface area contributed by atoms with E-state index in [9.17, 15) is 14.5 Å². The standard InChI is InChI=1S/C9H10FNO2/c1-3-8(2)4-5-9(6-10)7-11(12)13/h3-6H,1-2,7H2/b5-4-,9-6-. The number of nitro groups is 1. The zero-order valence-electron chi connectivity index (χ0n) is 7.07. The topological polar surface area (TPSA) is 43.1 Å². The molecule has 13 heavy (non-hydrogen) atoms. The van der Waals surface area contributed by atoms with Gasteiger partial charge in [0.25, 0.3) is 0 Å². The summed E-state index contributed by atoms with van der Waals surface area (Å²) in [6.07, 6.45) is 4.43. The molecule has 0 radical (unpaired) electrons. The predicted octanol–water partition coefficient (Wildman–Crippen LogP) is 2.41. The zero-order valence-corrected chi connectivity index (χ0v) is 7.07. The van der Waals surface area contributed by atoms with Crippen molar-refractivity contribution in [3.63, 3.8) is 0 Å². The van der Waals surface area contributed by atoms with Crippen molar-refractivity contribution in [1.29, 1.82) is 0 Å². The summed E-state index contributed by atoms with van der Waals surface area (Å²) in [5.41, 5.74) is 0.565. The van der Waals surface area contributed by atoms with Crippen molar-refractivity contribution in [3.8, 4) is 0 Å². The Kier molecular flexibility index (Phi) is 5.11. The summed E-state index contributed by atoms with van der Waals surface area (Å²) in [7, 11) is 0. The molecule has 0 aliphatic carbocycles. The summed E-state index contributed by atoms with van der Waals surface area (Å²) < 4.78 is 12.0. The van der Waals surface area contributed by atoms with E-state index >= 15 is 0 Å². The van der Waals surface area contributed by atoms with Gasteiger partial charge in [-0.15, -0.1) is 0 Å². The molecule has 0 bridgehead atoms. The first-order valence-electron chi connectivity index (χ1n) is 3.50. The highest BCUT2D eigenvalue weighted by Crippen LogP contribution is 2.02. The maximum Gasteiger partial charge on any atom is 0.231 e. The van der Waals surface area contributed by atoms with Gasteiger partial charge in [0.2, 0.25) is 6.54 Å². The molecule has 0 atom stereocenters. The number of hydrogen-bond acceptors (Lipinski definition) is 2. The van der Waals surface area contributed by atoms with Gasteiger partial charge in [0.15, 0.2) is 0 Å². The Morgan fingerprint density at radius 1 is 1.54 bits per heavy atom. The lowest BCUT2D eigenvalue weighted by Gasteiger charge is -1.92. The lowest BCUT2D eigenvalue weighted by atomic mass is 10.2. The van der Waals surface area contributed by atoms with Crippen molar-refractivity contribution in [1.82, 2.24) is 0 Å². The second-order valence-electron chi connectivity index (χ2n) is 2.29. The normalized spacial score (nSPS) is 11.6. The zero-order chi connectivity index (χ0) is 10.3. The molecule has 0 rings (SSSR count). The third-order valence-corrected chi connectivity index (χ3v) is 1.23. The van der Waals surface area contributed by atoms with Crippen molar-refractivity contribution in [3.05, 3.63) is 59.0 Å². The fourth-order valence-electron chi connectivity index (χ4n) is 0.555. The van der Waals surface area contributed by atoms with E-state index in [1.165, 1.54) is 18.2 Å². The van der Waals surface area contributed by atoms with E-state index in [1.807, 2.05) is 0 Å². The molecule has 0 aromatic carbocycles. The third-order valence-electron chi connectivity index (χ3n) is 1.23. The van der Waals surface area contributed by atoms with Gasteiger partial charge in [0.1, 0.15) is 0 Å². The Hall–Kier alpha value is -1.71. The van der Waals surface area contributed by atoms with E-state index in [4.69, 9.17) is 0 Å². The summed E-state index contributed by atoms with van der Waals surface area (Å²) in [5.74, 6) is 0. The molecule has 0 saturated carbocycles. The van der Waals surface area contributed by atoms with Crippen LogP contribution in [0.15, 0.2) is 48.9 Å². The molecule has 0 aromatic heterocycles. The monoisotopic (exact) mass is 183 g/mol. The van der Waals surface area contributed by atoms with Crippen LogP contribution in [-0.2, 0) is 0 Å². The van der Waals surface area contributed by atoms with Gasteiger partial charge >= 0.3 is 0 Å². The summed E-state index contributed by atoms with van der Waals surface area (Å²) in [6.45, 7) is 6.43. The van der Waals surface area contributed by atoms with Crippen LogP contribution in [0.3, 0.4) is 0 Å². The van der Waals surface area contributed by atoms with Crippen LogP contribution in [0.5, 0.6) is 0 Å². The largest absolute Gasteiger partial charge is 0.264 e. The first-order valence-corrected chi connectivity index (χ1v) is 3.50. The molecule has 0 spiro atoms. The first-order chi connectivity index (χ1) is 6.10. The Morgan fingerprint density at radius 2 is 2.15 bits per heavy atom. The molecular formula is C9H10FNO2. The van der Waals surface area contributed by atoms with E-state index in [0.717, 1.165) is 0 Å². The van der Waals surface area contributed by atoms with Crippen LogP contribution >= 0.6 is 0 Å². The predicted molar refractivity (Wildman–Crippen MR) is 49.5 cm³/mol. The van der Waals surface area contributed by atoms with Gasteiger partial charge in [-0.05, 0) is 11.6 Å². The van der Waals surface area contributed by atoms with Gasteiger partial charge in [0, 0.05) is 4.92 Å². The highest BCUT2D eigenvalue weighted by molar-refractivity contribution is 5.31. The van der Waals surface area contributed by atoms with E-state index in [-0.39, 0.29) is 11.9 Å². The fraction of sp³-hybridized carbons (Fsp3) is 0.111. The van der Waals surface area contributed by atoms with E-state index < -0.39 is 11.5 Å². The minimum absolute atomic E-state index is 0.00648. The minimum Gasteiger partial charge on any atom is -0.264 e. The summed E-state index contributed by atoms with van der Waals surface area (Å²) in [4.78, 5) is 9.40. The highest BCUT2D eigenvalue weighted by atomic mass is 19.1. The van der Waals surface area contributed by atoms with E-state index in [2.05, 4.69) is 13.2 Å². The molecule has 0 amide bonds. The van der Waals surface area contributed by atoms with Gasteiger partial charge in [-0.25, -0.2) is 4.39 Å². The Labute approximate surface area is 75.7 Å². The Bertz CT molecular complexity index is 279. The van der Waals surface area contributed by atoms with E-state index in [1.54, 1.807) is 0 Å². The fourth-order valence-corrected chi connectivity index (χ4v) is 0.555.